The number of aromatic nitrogens is 1. The summed E-state index contributed by atoms with van der Waals surface area (Å²) in [5.74, 6) is 1.09. The van der Waals surface area contributed by atoms with Crippen molar-refractivity contribution in [3.8, 4) is 0 Å². The van der Waals surface area contributed by atoms with Gasteiger partial charge in [-0.05, 0) is 41.5 Å². The van der Waals surface area contributed by atoms with Crippen LogP contribution in [-0.2, 0) is 6.54 Å². The SMILES string of the molecule is Cc1cccnc1C(NCc1ccc(C(C)C)cc1)C(C)C. The van der Waals surface area contributed by atoms with Gasteiger partial charge in [0.25, 0.3) is 0 Å². The van der Waals surface area contributed by atoms with Crippen molar-refractivity contribution >= 4 is 0 Å². The van der Waals surface area contributed by atoms with E-state index in [4.69, 9.17) is 0 Å². The second kappa shape index (κ2) is 7.55. The van der Waals surface area contributed by atoms with Crippen molar-refractivity contribution in [2.24, 2.45) is 5.92 Å². The second-order valence-corrected chi connectivity index (χ2v) is 6.70. The van der Waals surface area contributed by atoms with Gasteiger partial charge in [0.05, 0.1) is 11.7 Å². The van der Waals surface area contributed by atoms with Gasteiger partial charge in [-0.25, -0.2) is 0 Å². The van der Waals surface area contributed by atoms with Crippen molar-refractivity contribution in [3.63, 3.8) is 0 Å². The van der Waals surface area contributed by atoms with E-state index in [1.54, 1.807) is 0 Å². The molecule has 0 radical (unpaired) electrons. The number of hydrogen-bond acceptors (Lipinski definition) is 2. The predicted octanol–water partition coefficient (Wildman–Crippen LogP) is 5.00. The lowest BCUT2D eigenvalue weighted by Crippen LogP contribution is -2.27. The molecule has 22 heavy (non-hydrogen) atoms. The molecular weight excluding hydrogens is 268 g/mol. The lowest BCUT2D eigenvalue weighted by molar-refractivity contribution is 0.400. The molecular formula is C20H28N2. The summed E-state index contributed by atoms with van der Waals surface area (Å²) in [6.07, 6.45) is 1.89. The number of nitrogens with zero attached hydrogens (tertiary/aromatic N) is 1. The zero-order chi connectivity index (χ0) is 16.1. The summed E-state index contributed by atoms with van der Waals surface area (Å²) in [5.41, 5.74) is 5.13. The maximum absolute atomic E-state index is 4.59. The molecule has 118 valence electrons. The smallest absolute Gasteiger partial charge is 0.0604 e. The molecule has 2 nitrogen and oxygen atoms in total. The third-order valence-corrected chi connectivity index (χ3v) is 4.18. The highest BCUT2D eigenvalue weighted by Gasteiger charge is 2.18. The molecule has 2 aromatic rings. The van der Waals surface area contributed by atoms with Crippen LogP contribution in [0.4, 0.5) is 0 Å². The summed E-state index contributed by atoms with van der Waals surface area (Å²) in [6.45, 7) is 12.0. The van der Waals surface area contributed by atoms with Crippen LogP contribution in [0, 0.1) is 12.8 Å². The van der Waals surface area contributed by atoms with Crippen LogP contribution < -0.4 is 5.32 Å². The highest BCUT2D eigenvalue weighted by atomic mass is 14.9. The molecule has 0 saturated heterocycles. The zero-order valence-corrected chi connectivity index (χ0v) is 14.4. The van der Waals surface area contributed by atoms with Gasteiger partial charge in [0, 0.05) is 12.7 Å². The van der Waals surface area contributed by atoms with Crippen LogP contribution in [0.5, 0.6) is 0 Å². The summed E-state index contributed by atoms with van der Waals surface area (Å²) in [5, 5.41) is 3.68. The van der Waals surface area contributed by atoms with Crippen LogP contribution in [0.1, 0.15) is 62.0 Å². The van der Waals surface area contributed by atoms with Gasteiger partial charge in [-0.2, -0.15) is 0 Å². The Morgan fingerprint density at radius 2 is 1.68 bits per heavy atom. The normalized spacial score (nSPS) is 12.9. The summed E-state index contributed by atoms with van der Waals surface area (Å²) in [4.78, 5) is 4.59. The van der Waals surface area contributed by atoms with Crippen LogP contribution >= 0.6 is 0 Å². The molecule has 1 N–H and O–H groups in total. The average Bonchev–Trinajstić information content (AvgIpc) is 2.49. The van der Waals surface area contributed by atoms with Crippen molar-refractivity contribution in [1.82, 2.24) is 10.3 Å². The summed E-state index contributed by atoms with van der Waals surface area (Å²) in [6, 6.07) is 13.3. The minimum Gasteiger partial charge on any atom is -0.304 e. The third kappa shape index (κ3) is 4.17. The van der Waals surface area contributed by atoms with Gasteiger partial charge < -0.3 is 5.32 Å². The van der Waals surface area contributed by atoms with Crippen LogP contribution in [0.3, 0.4) is 0 Å². The molecule has 2 rings (SSSR count). The van der Waals surface area contributed by atoms with Crippen molar-refractivity contribution in [1.29, 1.82) is 0 Å². The highest BCUT2D eigenvalue weighted by Crippen LogP contribution is 2.23. The van der Waals surface area contributed by atoms with E-state index in [9.17, 15) is 0 Å². The maximum Gasteiger partial charge on any atom is 0.0604 e. The molecule has 0 spiro atoms. The van der Waals surface area contributed by atoms with E-state index in [0.29, 0.717) is 11.8 Å². The van der Waals surface area contributed by atoms with Gasteiger partial charge in [-0.1, -0.05) is 58.0 Å². The fourth-order valence-corrected chi connectivity index (χ4v) is 2.72. The molecule has 0 amide bonds. The molecule has 0 fully saturated rings. The average molecular weight is 296 g/mol. The first kappa shape index (κ1) is 16.7. The van der Waals surface area contributed by atoms with Gasteiger partial charge in [-0.3, -0.25) is 4.98 Å². The van der Waals surface area contributed by atoms with Crippen LogP contribution in [-0.4, -0.2) is 4.98 Å². The van der Waals surface area contributed by atoms with E-state index in [1.165, 1.54) is 16.7 Å². The Kier molecular flexibility index (Phi) is 5.73. The number of pyridine rings is 1. The Morgan fingerprint density at radius 3 is 2.23 bits per heavy atom. The summed E-state index contributed by atoms with van der Waals surface area (Å²) in [7, 11) is 0. The number of nitrogens with one attached hydrogen (secondary N) is 1. The predicted molar refractivity (Wildman–Crippen MR) is 93.9 cm³/mol. The van der Waals surface area contributed by atoms with E-state index in [2.05, 4.69) is 75.3 Å². The van der Waals surface area contributed by atoms with E-state index < -0.39 is 0 Å². The first-order valence-corrected chi connectivity index (χ1v) is 8.22. The van der Waals surface area contributed by atoms with Gasteiger partial charge in [0.2, 0.25) is 0 Å². The van der Waals surface area contributed by atoms with Crippen LogP contribution in [0.25, 0.3) is 0 Å². The topological polar surface area (TPSA) is 24.9 Å². The molecule has 0 aliphatic carbocycles. The highest BCUT2D eigenvalue weighted by molar-refractivity contribution is 5.25. The van der Waals surface area contributed by atoms with Crippen molar-refractivity contribution in [2.75, 3.05) is 0 Å². The van der Waals surface area contributed by atoms with Crippen molar-refractivity contribution in [2.45, 2.75) is 53.1 Å². The van der Waals surface area contributed by atoms with Gasteiger partial charge in [0.15, 0.2) is 0 Å². The lowest BCUT2D eigenvalue weighted by Gasteiger charge is -2.23. The number of aryl methyl sites for hydroxylation is 1. The number of rotatable bonds is 6. The molecule has 0 aliphatic heterocycles. The maximum atomic E-state index is 4.59. The molecule has 1 heterocycles. The van der Waals surface area contributed by atoms with Crippen molar-refractivity contribution < 1.29 is 0 Å². The number of benzene rings is 1. The van der Waals surface area contributed by atoms with Gasteiger partial charge in [0.1, 0.15) is 0 Å². The van der Waals surface area contributed by atoms with Gasteiger partial charge >= 0.3 is 0 Å². The van der Waals surface area contributed by atoms with E-state index in [1.807, 2.05) is 12.3 Å². The van der Waals surface area contributed by atoms with E-state index in [0.717, 1.165) is 12.2 Å². The Bertz CT molecular complexity index is 585. The van der Waals surface area contributed by atoms with Crippen LogP contribution in [0.15, 0.2) is 42.6 Å². The monoisotopic (exact) mass is 296 g/mol. The first-order chi connectivity index (χ1) is 10.5. The second-order valence-electron chi connectivity index (χ2n) is 6.70. The minimum atomic E-state index is 0.283. The largest absolute Gasteiger partial charge is 0.304 e. The quantitative estimate of drug-likeness (QED) is 0.811. The summed E-state index contributed by atoms with van der Waals surface area (Å²) >= 11 is 0. The first-order valence-electron chi connectivity index (χ1n) is 8.22. The Morgan fingerprint density at radius 1 is 1.00 bits per heavy atom. The summed E-state index contributed by atoms with van der Waals surface area (Å²) < 4.78 is 0. The minimum absolute atomic E-state index is 0.283. The van der Waals surface area contributed by atoms with E-state index >= 15 is 0 Å². The van der Waals surface area contributed by atoms with E-state index in [-0.39, 0.29) is 6.04 Å². The Labute approximate surface area is 135 Å². The molecule has 1 atom stereocenters. The standard InChI is InChI=1S/C20H28N2/c1-14(2)18-10-8-17(9-11-18)13-22-19(15(3)4)20-16(5)7-6-12-21-20/h6-12,14-15,19,22H,13H2,1-5H3. The Balaban J connectivity index is 2.08. The molecule has 2 heteroatoms. The van der Waals surface area contributed by atoms with Gasteiger partial charge in [-0.15, -0.1) is 0 Å². The molecule has 1 aromatic carbocycles. The molecule has 0 bridgehead atoms. The fourth-order valence-electron chi connectivity index (χ4n) is 2.72. The Hall–Kier alpha value is -1.67. The lowest BCUT2D eigenvalue weighted by atomic mass is 9.96. The molecule has 0 saturated carbocycles. The number of hydrogen-bond donors (Lipinski definition) is 1. The molecule has 1 aromatic heterocycles. The third-order valence-electron chi connectivity index (χ3n) is 4.18. The molecule has 0 aliphatic rings. The molecule has 1 unspecified atom stereocenters. The zero-order valence-electron chi connectivity index (χ0n) is 14.4. The fraction of sp³-hybridized carbons (Fsp3) is 0.450. The van der Waals surface area contributed by atoms with Crippen molar-refractivity contribution in [3.05, 3.63) is 65.0 Å². The van der Waals surface area contributed by atoms with Crippen LogP contribution in [0.2, 0.25) is 0 Å².